The quantitative estimate of drug-likeness (QED) is 0.357. The maximum atomic E-state index is 10.5. The van der Waals surface area contributed by atoms with Gasteiger partial charge in [-0.25, -0.2) is 0 Å². The zero-order chi connectivity index (χ0) is 11.4. The smallest absolute Gasteiger partial charge is 0.157 e. The second-order valence-electron chi connectivity index (χ2n) is 3.05. The largest absolute Gasteiger partial charge is 0.297 e. The van der Waals surface area contributed by atoms with Crippen LogP contribution in [-0.2, 0) is 4.79 Å². The van der Waals surface area contributed by atoms with Crippen molar-refractivity contribution in [2.75, 3.05) is 0 Å². The van der Waals surface area contributed by atoms with Gasteiger partial charge < -0.3 is 0 Å². The lowest BCUT2D eigenvalue weighted by Gasteiger charge is -1.99. The van der Waals surface area contributed by atoms with Crippen LogP contribution in [0.3, 0.4) is 0 Å². The molecule has 1 aromatic rings. The van der Waals surface area contributed by atoms with Crippen LogP contribution in [0.5, 0.6) is 0 Å². The fourth-order valence-corrected chi connectivity index (χ4v) is 3.48. The van der Waals surface area contributed by atoms with Crippen LogP contribution in [0.2, 0.25) is 0 Å². The molecule has 1 heterocycles. The van der Waals surface area contributed by atoms with E-state index in [-0.39, 0.29) is 0 Å². The van der Waals surface area contributed by atoms with Gasteiger partial charge in [-0.15, -0.1) is 0 Å². The Kier molecular flexibility index (Phi) is 3.98. The molecule has 4 heteroatoms. The van der Waals surface area contributed by atoms with Gasteiger partial charge in [0.2, 0.25) is 0 Å². The summed E-state index contributed by atoms with van der Waals surface area (Å²) in [5.74, 6) is 0. The highest BCUT2D eigenvalue weighted by Crippen LogP contribution is 2.42. The Bertz CT molecular complexity index is 474. The Hall–Kier alpha value is -0.840. The molecule has 2 rings (SSSR count). The highest BCUT2D eigenvalue weighted by molar-refractivity contribution is 8.28. The molecule has 80 valence electrons. The van der Waals surface area contributed by atoms with Crippen molar-refractivity contribution in [3.8, 4) is 0 Å². The topological polar surface area (TPSA) is 17.1 Å². The Morgan fingerprint density at radius 3 is 2.62 bits per heavy atom. The summed E-state index contributed by atoms with van der Waals surface area (Å²) in [4.78, 5) is 12.1. The Labute approximate surface area is 108 Å². The third-order valence-electron chi connectivity index (χ3n) is 1.93. The van der Waals surface area contributed by atoms with Crippen LogP contribution < -0.4 is 0 Å². The van der Waals surface area contributed by atoms with Crippen molar-refractivity contribution in [3.05, 3.63) is 56.5 Å². The van der Waals surface area contributed by atoms with Gasteiger partial charge >= 0.3 is 0 Å². The molecule has 0 atom stereocenters. The molecule has 0 amide bonds. The summed E-state index contributed by atoms with van der Waals surface area (Å²) >= 11 is 8.32. The van der Waals surface area contributed by atoms with Gasteiger partial charge in [-0.05, 0) is 17.0 Å². The zero-order valence-corrected chi connectivity index (χ0v) is 10.7. The van der Waals surface area contributed by atoms with Crippen LogP contribution in [0.1, 0.15) is 5.56 Å². The number of thioether (sulfide) groups is 2. The van der Waals surface area contributed by atoms with Crippen molar-refractivity contribution in [1.82, 2.24) is 0 Å². The molecular formula is C12H8OS3. The lowest BCUT2D eigenvalue weighted by atomic mass is 10.1. The molecule has 16 heavy (non-hydrogen) atoms. The molecule has 0 aliphatic carbocycles. The summed E-state index contributed by atoms with van der Waals surface area (Å²) in [5.41, 5.74) is 1.03. The summed E-state index contributed by atoms with van der Waals surface area (Å²) in [7, 11) is 0. The van der Waals surface area contributed by atoms with E-state index in [0.717, 1.165) is 25.9 Å². The molecule has 0 unspecified atom stereocenters. The van der Waals surface area contributed by atoms with Gasteiger partial charge in [-0.2, -0.15) is 0 Å². The van der Waals surface area contributed by atoms with E-state index in [9.17, 15) is 4.79 Å². The molecule has 0 saturated heterocycles. The standard InChI is InChI=1S/C12H8OS3/c13-7-10-8-15-12(16-10)6-11(14)9-4-2-1-3-5-9/h1-8H/b12-6+. The third-order valence-corrected chi connectivity index (χ3v) is 4.47. The molecule has 1 nitrogen and oxygen atoms in total. The van der Waals surface area contributed by atoms with Crippen LogP contribution in [-0.4, -0.2) is 11.2 Å². The second-order valence-corrected chi connectivity index (χ2v) is 5.78. The van der Waals surface area contributed by atoms with E-state index >= 15 is 0 Å². The minimum atomic E-state index is 0.743. The number of thiocarbonyl (C=S) groups is 1. The Morgan fingerprint density at radius 1 is 1.25 bits per heavy atom. The van der Waals surface area contributed by atoms with Gasteiger partial charge in [0.05, 0.1) is 9.14 Å². The van der Waals surface area contributed by atoms with Crippen molar-refractivity contribution >= 4 is 46.9 Å². The van der Waals surface area contributed by atoms with Crippen LogP contribution in [0.15, 0.2) is 51.0 Å². The van der Waals surface area contributed by atoms with Crippen LogP contribution in [0.25, 0.3) is 0 Å². The van der Waals surface area contributed by atoms with Gasteiger partial charge in [-0.3, -0.25) is 4.79 Å². The van der Waals surface area contributed by atoms with Crippen molar-refractivity contribution < 1.29 is 4.79 Å². The summed E-state index contributed by atoms with van der Waals surface area (Å²) in [6, 6.07) is 9.86. The number of carbonyl (C=O) groups excluding carboxylic acids is 1. The lowest BCUT2D eigenvalue weighted by molar-refractivity contribution is -0.104. The van der Waals surface area contributed by atoms with Crippen LogP contribution in [0, 0.1) is 0 Å². The number of hydrogen-bond donors (Lipinski definition) is 0. The molecule has 0 radical (unpaired) electrons. The monoisotopic (exact) mass is 264 g/mol. The van der Waals surface area contributed by atoms with Crippen LogP contribution >= 0.6 is 35.7 Å². The van der Waals surface area contributed by atoms with E-state index in [1.54, 1.807) is 11.8 Å². The SMILES string of the molecule is O=CC1=CS/C(=C\C(=S)c2ccccc2)S1. The Morgan fingerprint density at radius 2 is 2.00 bits per heavy atom. The fourth-order valence-electron chi connectivity index (χ4n) is 1.19. The second kappa shape index (κ2) is 5.48. The zero-order valence-electron chi connectivity index (χ0n) is 8.25. The maximum absolute atomic E-state index is 10.5. The number of hydrogen-bond acceptors (Lipinski definition) is 4. The first-order chi connectivity index (χ1) is 7.79. The van der Waals surface area contributed by atoms with Crippen LogP contribution in [0.4, 0.5) is 0 Å². The predicted molar refractivity (Wildman–Crippen MR) is 75.6 cm³/mol. The minimum Gasteiger partial charge on any atom is -0.297 e. The van der Waals surface area contributed by atoms with E-state index in [0.29, 0.717) is 0 Å². The van der Waals surface area contributed by atoms with E-state index in [1.165, 1.54) is 11.8 Å². The maximum Gasteiger partial charge on any atom is 0.157 e. The number of aldehydes is 1. The Balaban J connectivity index is 2.09. The number of rotatable bonds is 3. The van der Waals surface area contributed by atoms with E-state index in [1.807, 2.05) is 41.8 Å². The predicted octanol–water partition coefficient (Wildman–Crippen LogP) is 3.77. The van der Waals surface area contributed by atoms with Crippen molar-refractivity contribution in [1.29, 1.82) is 0 Å². The van der Waals surface area contributed by atoms with Crippen molar-refractivity contribution in [3.63, 3.8) is 0 Å². The average Bonchev–Trinajstić information content (AvgIpc) is 2.78. The minimum absolute atomic E-state index is 0.743. The summed E-state index contributed by atoms with van der Waals surface area (Å²) in [5, 5.41) is 1.84. The first-order valence-electron chi connectivity index (χ1n) is 4.60. The van der Waals surface area contributed by atoms with E-state index < -0.39 is 0 Å². The van der Waals surface area contributed by atoms with Crippen molar-refractivity contribution in [2.24, 2.45) is 0 Å². The average molecular weight is 264 g/mol. The summed E-state index contributed by atoms with van der Waals surface area (Å²) < 4.78 is 1.05. The van der Waals surface area contributed by atoms with E-state index in [4.69, 9.17) is 12.2 Å². The molecule has 0 aromatic heterocycles. The number of allylic oxidation sites excluding steroid dienone is 2. The molecule has 1 aromatic carbocycles. The van der Waals surface area contributed by atoms with Gasteiger partial charge in [0, 0.05) is 4.86 Å². The summed E-state index contributed by atoms with van der Waals surface area (Å²) in [6.45, 7) is 0. The fraction of sp³-hybridized carbons (Fsp3) is 0. The molecular weight excluding hydrogens is 256 g/mol. The first-order valence-corrected chi connectivity index (χ1v) is 6.71. The molecule has 1 aliphatic rings. The van der Waals surface area contributed by atoms with Gasteiger partial charge in [0.1, 0.15) is 0 Å². The van der Waals surface area contributed by atoms with E-state index in [2.05, 4.69) is 0 Å². The molecule has 0 fully saturated rings. The molecule has 0 bridgehead atoms. The molecule has 0 saturated carbocycles. The van der Waals surface area contributed by atoms with Crippen molar-refractivity contribution in [2.45, 2.75) is 0 Å². The summed E-state index contributed by atoms with van der Waals surface area (Å²) in [6.07, 6.45) is 2.80. The lowest BCUT2D eigenvalue weighted by Crippen LogP contribution is -1.91. The van der Waals surface area contributed by atoms with Gasteiger partial charge in [0.15, 0.2) is 6.29 Å². The molecule has 0 spiro atoms. The third kappa shape index (κ3) is 2.84. The highest BCUT2D eigenvalue weighted by atomic mass is 32.2. The number of benzene rings is 1. The normalized spacial score (nSPS) is 17.2. The number of carbonyl (C=O) groups is 1. The van der Waals surface area contributed by atoms with Gasteiger partial charge in [-0.1, -0.05) is 66.1 Å². The van der Waals surface area contributed by atoms with Gasteiger partial charge in [0.25, 0.3) is 0 Å². The highest BCUT2D eigenvalue weighted by Gasteiger charge is 2.11. The molecule has 1 aliphatic heterocycles. The molecule has 0 N–H and O–H groups in total. The first kappa shape index (κ1) is 11.6.